The van der Waals surface area contributed by atoms with Crippen LogP contribution in [0.2, 0.25) is 0 Å². The van der Waals surface area contributed by atoms with E-state index in [1.807, 2.05) is 0 Å². The van der Waals surface area contributed by atoms with Crippen molar-refractivity contribution in [2.45, 2.75) is 40.0 Å². The fourth-order valence-electron chi connectivity index (χ4n) is 2.30. The standard InChI is InChI=1S/C18H23N/c1-12-11-17(19)13(2)10-16(12)14-6-8-15(9-7-14)18(3,4)5/h6-11H,19H2,1-5H3. The van der Waals surface area contributed by atoms with Crippen LogP contribution in [0.3, 0.4) is 0 Å². The Morgan fingerprint density at radius 1 is 0.842 bits per heavy atom. The monoisotopic (exact) mass is 253 g/mol. The zero-order chi connectivity index (χ0) is 14.2. The molecule has 0 bridgehead atoms. The van der Waals surface area contributed by atoms with E-state index >= 15 is 0 Å². The van der Waals surface area contributed by atoms with E-state index < -0.39 is 0 Å². The second-order valence-corrected chi connectivity index (χ2v) is 6.35. The smallest absolute Gasteiger partial charge is 0.0346 e. The van der Waals surface area contributed by atoms with Crippen LogP contribution in [0.5, 0.6) is 0 Å². The number of nitrogen functional groups attached to an aromatic ring is 1. The highest BCUT2D eigenvalue weighted by atomic mass is 14.6. The van der Waals surface area contributed by atoms with Gasteiger partial charge < -0.3 is 5.73 Å². The average Bonchev–Trinajstić information content (AvgIpc) is 2.33. The first-order valence-electron chi connectivity index (χ1n) is 6.76. The topological polar surface area (TPSA) is 26.0 Å². The van der Waals surface area contributed by atoms with Crippen molar-refractivity contribution in [3.8, 4) is 11.1 Å². The third kappa shape index (κ3) is 2.81. The molecule has 0 atom stereocenters. The highest BCUT2D eigenvalue weighted by molar-refractivity contribution is 5.71. The summed E-state index contributed by atoms with van der Waals surface area (Å²) < 4.78 is 0. The van der Waals surface area contributed by atoms with Gasteiger partial charge in [0.25, 0.3) is 0 Å². The molecule has 0 radical (unpaired) electrons. The first kappa shape index (κ1) is 13.7. The largest absolute Gasteiger partial charge is 0.399 e. The van der Waals surface area contributed by atoms with Gasteiger partial charge in [0, 0.05) is 5.69 Å². The van der Waals surface area contributed by atoms with Crippen molar-refractivity contribution in [2.24, 2.45) is 0 Å². The summed E-state index contributed by atoms with van der Waals surface area (Å²) in [7, 11) is 0. The summed E-state index contributed by atoms with van der Waals surface area (Å²) >= 11 is 0. The lowest BCUT2D eigenvalue weighted by molar-refractivity contribution is 0.590. The van der Waals surface area contributed by atoms with E-state index in [2.05, 4.69) is 71.0 Å². The number of aryl methyl sites for hydroxylation is 2. The van der Waals surface area contributed by atoms with Crippen molar-refractivity contribution in [2.75, 3.05) is 5.73 Å². The van der Waals surface area contributed by atoms with Crippen LogP contribution in [0.15, 0.2) is 36.4 Å². The van der Waals surface area contributed by atoms with Gasteiger partial charge in [0.1, 0.15) is 0 Å². The van der Waals surface area contributed by atoms with Crippen molar-refractivity contribution in [1.82, 2.24) is 0 Å². The van der Waals surface area contributed by atoms with E-state index in [-0.39, 0.29) is 5.41 Å². The van der Waals surface area contributed by atoms with Gasteiger partial charge >= 0.3 is 0 Å². The lowest BCUT2D eigenvalue weighted by atomic mass is 9.86. The maximum atomic E-state index is 5.95. The van der Waals surface area contributed by atoms with Crippen LogP contribution in [0, 0.1) is 13.8 Å². The van der Waals surface area contributed by atoms with Crippen LogP contribution in [0.4, 0.5) is 5.69 Å². The maximum Gasteiger partial charge on any atom is 0.0346 e. The summed E-state index contributed by atoms with van der Waals surface area (Å²) in [4.78, 5) is 0. The summed E-state index contributed by atoms with van der Waals surface area (Å²) in [5, 5.41) is 0. The predicted molar refractivity (Wildman–Crippen MR) is 84.5 cm³/mol. The summed E-state index contributed by atoms with van der Waals surface area (Å²) in [5.74, 6) is 0. The third-order valence-electron chi connectivity index (χ3n) is 3.67. The summed E-state index contributed by atoms with van der Waals surface area (Å²) in [6, 6.07) is 13.1. The predicted octanol–water partition coefficient (Wildman–Crippen LogP) is 4.85. The molecule has 2 aromatic rings. The number of nitrogens with two attached hydrogens (primary N) is 1. The van der Waals surface area contributed by atoms with Crippen molar-refractivity contribution >= 4 is 5.69 Å². The zero-order valence-corrected chi connectivity index (χ0v) is 12.5. The molecule has 0 amide bonds. The van der Waals surface area contributed by atoms with Crippen LogP contribution >= 0.6 is 0 Å². The molecule has 2 N–H and O–H groups in total. The minimum Gasteiger partial charge on any atom is -0.399 e. The zero-order valence-electron chi connectivity index (χ0n) is 12.5. The highest BCUT2D eigenvalue weighted by Gasteiger charge is 2.13. The van der Waals surface area contributed by atoms with Gasteiger partial charge in [0.2, 0.25) is 0 Å². The summed E-state index contributed by atoms with van der Waals surface area (Å²) in [5.41, 5.74) is 13.3. The highest BCUT2D eigenvalue weighted by Crippen LogP contribution is 2.30. The number of rotatable bonds is 1. The lowest BCUT2D eigenvalue weighted by Crippen LogP contribution is -2.10. The quantitative estimate of drug-likeness (QED) is 0.722. The van der Waals surface area contributed by atoms with E-state index in [9.17, 15) is 0 Å². The average molecular weight is 253 g/mol. The van der Waals surface area contributed by atoms with Gasteiger partial charge in [-0.3, -0.25) is 0 Å². The molecular formula is C18H23N. The SMILES string of the molecule is Cc1cc(-c2ccc(C(C)(C)C)cc2)c(C)cc1N. The molecule has 2 rings (SSSR count). The van der Waals surface area contributed by atoms with Crippen molar-refractivity contribution < 1.29 is 0 Å². The molecule has 1 heteroatoms. The van der Waals surface area contributed by atoms with E-state index in [1.165, 1.54) is 22.3 Å². The van der Waals surface area contributed by atoms with E-state index in [1.54, 1.807) is 0 Å². The molecule has 100 valence electrons. The Hall–Kier alpha value is -1.76. The van der Waals surface area contributed by atoms with Gasteiger partial charge in [0.15, 0.2) is 0 Å². The number of hydrogen-bond acceptors (Lipinski definition) is 1. The first-order valence-corrected chi connectivity index (χ1v) is 6.76. The fourth-order valence-corrected chi connectivity index (χ4v) is 2.30. The second-order valence-electron chi connectivity index (χ2n) is 6.35. The Balaban J connectivity index is 2.46. The van der Waals surface area contributed by atoms with E-state index in [0.29, 0.717) is 0 Å². The van der Waals surface area contributed by atoms with Crippen LogP contribution in [-0.4, -0.2) is 0 Å². The Morgan fingerprint density at radius 2 is 1.42 bits per heavy atom. The fraction of sp³-hybridized carbons (Fsp3) is 0.333. The Morgan fingerprint density at radius 3 is 1.95 bits per heavy atom. The van der Waals surface area contributed by atoms with Gasteiger partial charge in [-0.25, -0.2) is 0 Å². The molecule has 0 aromatic heterocycles. The number of hydrogen-bond donors (Lipinski definition) is 1. The van der Waals surface area contributed by atoms with E-state index in [0.717, 1.165) is 11.3 Å². The summed E-state index contributed by atoms with van der Waals surface area (Å²) in [6.07, 6.45) is 0. The van der Waals surface area contributed by atoms with Gasteiger partial charge in [0.05, 0.1) is 0 Å². The Kier molecular flexibility index (Phi) is 3.40. The molecule has 2 aromatic carbocycles. The third-order valence-corrected chi connectivity index (χ3v) is 3.67. The van der Waals surface area contributed by atoms with Crippen LogP contribution in [-0.2, 0) is 5.41 Å². The van der Waals surface area contributed by atoms with Crippen molar-refractivity contribution in [3.05, 3.63) is 53.1 Å². The van der Waals surface area contributed by atoms with Crippen LogP contribution < -0.4 is 5.73 Å². The molecule has 0 aliphatic heterocycles. The van der Waals surface area contributed by atoms with Gasteiger partial charge in [-0.05, 0) is 59.2 Å². The van der Waals surface area contributed by atoms with Crippen LogP contribution in [0.25, 0.3) is 11.1 Å². The van der Waals surface area contributed by atoms with Gasteiger partial charge in [-0.15, -0.1) is 0 Å². The molecule has 1 nitrogen and oxygen atoms in total. The molecular weight excluding hydrogens is 230 g/mol. The molecule has 0 saturated heterocycles. The van der Waals surface area contributed by atoms with Gasteiger partial charge in [-0.2, -0.15) is 0 Å². The molecule has 0 saturated carbocycles. The lowest BCUT2D eigenvalue weighted by Gasteiger charge is -2.19. The maximum absolute atomic E-state index is 5.95. The normalized spacial score (nSPS) is 11.6. The minimum atomic E-state index is 0.199. The van der Waals surface area contributed by atoms with Gasteiger partial charge in [-0.1, -0.05) is 45.0 Å². The van der Waals surface area contributed by atoms with Crippen molar-refractivity contribution in [3.63, 3.8) is 0 Å². The molecule has 0 aliphatic rings. The Labute approximate surface area is 116 Å². The molecule has 0 aliphatic carbocycles. The first-order chi connectivity index (χ1) is 8.79. The number of anilines is 1. The van der Waals surface area contributed by atoms with Crippen LogP contribution in [0.1, 0.15) is 37.5 Å². The molecule has 0 spiro atoms. The van der Waals surface area contributed by atoms with E-state index in [4.69, 9.17) is 5.73 Å². The molecule has 19 heavy (non-hydrogen) atoms. The number of benzene rings is 2. The summed E-state index contributed by atoms with van der Waals surface area (Å²) in [6.45, 7) is 10.9. The molecule has 0 fully saturated rings. The molecule has 0 unspecified atom stereocenters. The molecule has 0 heterocycles. The second kappa shape index (κ2) is 4.73. The minimum absolute atomic E-state index is 0.199. The van der Waals surface area contributed by atoms with Crippen molar-refractivity contribution in [1.29, 1.82) is 0 Å². The Bertz CT molecular complexity index is 586.